The number of anilines is 1. The fourth-order valence-corrected chi connectivity index (χ4v) is 4.08. The Kier molecular flexibility index (Phi) is 6.07. The van der Waals surface area contributed by atoms with Gasteiger partial charge in [-0.05, 0) is 49.1 Å². The van der Waals surface area contributed by atoms with Gasteiger partial charge in [-0.15, -0.1) is 0 Å². The van der Waals surface area contributed by atoms with Crippen molar-refractivity contribution in [1.82, 2.24) is 9.88 Å². The van der Waals surface area contributed by atoms with Crippen molar-refractivity contribution in [2.24, 2.45) is 5.92 Å². The van der Waals surface area contributed by atoms with Gasteiger partial charge in [0.1, 0.15) is 5.52 Å². The van der Waals surface area contributed by atoms with Crippen LogP contribution in [0, 0.1) is 5.92 Å². The van der Waals surface area contributed by atoms with Crippen LogP contribution in [0.3, 0.4) is 0 Å². The van der Waals surface area contributed by atoms with Crippen LogP contribution in [0.1, 0.15) is 42.2 Å². The quantitative estimate of drug-likeness (QED) is 0.603. The highest BCUT2D eigenvalue weighted by molar-refractivity contribution is 6.30. The molecule has 7 nitrogen and oxygen atoms in total. The van der Waals surface area contributed by atoms with E-state index in [-0.39, 0.29) is 24.0 Å². The normalized spacial score (nSPS) is 20.0. The Labute approximate surface area is 186 Å². The average Bonchev–Trinajstić information content (AvgIpc) is 3.16. The van der Waals surface area contributed by atoms with E-state index in [1.54, 1.807) is 17.0 Å². The molecule has 3 atom stereocenters. The van der Waals surface area contributed by atoms with Crippen molar-refractivity contribution in [1.29, 1.82) is 0 Å². The van der Waals surface area contributed by atoms with Gasteiger partial charge in [-0.3, -0.25) is 4.79 Å². The number of methoxy groups -OCH3 is 1. The number of fused-ring (bicyclic) bond motifs is 1. The van der Waals surface area contributed by atoms with Crippen LogP contribution in [-0.4, -0.2) is 47.2 Å². The summed E-state index contributed by atoms with van der Waals surface area (Å²) in [6.07, 6.45) is 0.206. The number of rotatable bonds is 5. The number of benzene rings is 2. The van der Waals surface area contributed by atoms with E-state index >= 15 is 0 Å². The number of hydrogen-bond donors (Lipinski definition) is 2. The number of carbonyl (C=O) groups is 1. The Morgan fingerprint density at radius 1 is 1.39 bits per heavy atom. The number of nitrogens with one attached hydrogen (secondary N) is 1. The molecule has 2 aromatic carbocycles. The minimum absolute atomic E-state index is 0.0409. The molecule has 0 bridgehead atoms. The molecule has 0 aliphatic carbocycles. The third-order valence-corrected chi connectivity index (χ3v) is 5.99. The highest BCUT2D eigenvalue weighted by Gasteiger charge is 2.28. The van der Waals surface area contributed by atoms with Gasteiger partial charge in [0.05, 0.1) is 19.3 Å². The Morgan fingerprint density at radius 2 is 2.19 bits per heavy atom. The first-order chi connectivity index (χ1) is 14.9. The molecule has 3 aromatic rings. The molecule has 2 heterocycles. The molecule has 31 heavy (non-hydrogen) atoms. The summed E-state index contributed by atoms with van der Waals surface area (Å²) in [6, 6.07) is 11.2. The maximum Gasteiger partial charge on any atom is 0.296 e. The minimum Gasteiger partial charge on any atom is -0.493 e. The fraction of sp³-hybridized carbons (Fsp3) is 0.391. The minimum atomic E-state index is -0.369. The van der Waals surface area contributed by atoms with Crippen LogP contribution in [-0.2, 0) is 0 Å². The molecular formula is C23H26ClN3O4. The summed E-state index contributed by atoms with van der Waals surface area (Å²) in [5.74, 6) is 0.379. The molecule has 0 radical (unpaired) electrons. The van der Waals surface area contributed by atoms with Crippen LogP contribution in [0.25, 0.3) is 11.1 Å². The predicted octanol–water partition coefficient (Wildman–Crippen LogP) is 4.51. The Bertz CT molecular complexity index is 1100. The van der Waals surface area contributed by atoms with Gasteiger partial charge < -0.3 is 24.5 Å². The highest BCUT2D eigenvalue weighted by Crippen LogP contribution is 2.32. The second-order valence-electron chi connectivity index (χ2n) is 8.05. The van der Waals surface area contributed by atoms with Gasteiger partial charge in [-0.25, -0.2) is 0 Å². The molecule has 1 aliphatic rings. The fourth-order valence-electron chi connectivity index (χ4n) is 3.88. The number of piperidine rings is 1. The number of oxazole rings is 1. The molecule has 1 saturated heterocycles. The first-order valence-electron chi connectivity index (χ1n) is 10.3. The smallest absolute Gasteiger partial charge is 0.296 e. The summed E-state index contributed by atoms with van der Waals surface area (Å²) < 4.78 is 11.4. The number of aliphatic hydroxyl groups is 1. The Hall–Kier alpha value is -2.77. The van der Waals surface area contributed by atoms with Crippen molar-refractivity contribution in [2.75, 3.05) is 25.5 Å². The third-order valence-electron chi connectivity index (χ3n) is 5.76. The van der Waals surface area contributed by atoms with Gasteiger partial charge in [0, 0.05) is 23.7 Å². The molecule has 2 unspecified atom stereocenters. The second-order valence-corrected chi connectivity index (χ2v) is 8.49. The molecule has 4 rings (SSSR count). The molecule has 1 fully saturated rings. The van der Waals surface area contributed by atoms with Crippen LogP contribution >= 0.6 is 11.6 Å². The number of hydrogen-bond acceptors (Lipinski definition) is 6. The summed E-state index contributed by atoms with van der Waals surface area (Å²) in [6.45, 7) is 4.97. The maximum atomic E-state index is 13.1. The van der Waals surface area contributed by atoms with Crippen LogP contribution in [0.4, 0.5) is 6.01 Å². The number of ether oxygens (including phenoxy) is 1. The van der Waals surface area contributed by atoms with E-state index < -0.39 is 0 Å². The molecule has 0 spiro atoms. The van der Waals surface area contributed by atoms with Crippen LogP contribution < -0.4 is 10.1 Å². The summed E-state index contributed by atoms with van der Waals surface area (Å²) in [5.41, 5.74) is 2.49. The van der Waals surface area contributed by atoms with E-state index in [9.17, 15) is 9.90 Å². The van der Waals surface area contributed by atoms with Crippen molar-refractivity contribution in [3.8, 4) is 5.75 Å². The van der Waals surface area contributed by atoms with E-state index in [0.29, 0.717) is 53.0 Å². The number of likely N-dealkylation sites (tertiary alicyclic amines) is 1. The summed E-state index contributed by atoms with van der Waals surface area (Å²) in [5, 5.41) is 13.8. The lowest BCUT2D eigenvalue weighted by molar-refractivity contribution is 0.0297. The van der Waals surface area contributed by atoms with E-state index in [2.05, 4.69) is 10.3 Å². The zero-order valence-corrected chi connectivity index (χ0v) is 18.5. The molecule has 0 saturated carbocycles. The molecule has 2 N–H and O–H groups in total. The van der Waals surface area contributed by atoms with Gasteiger partial charge in [0.15, 0.2) is 11.3 Å². The number of aromatic nitrogens is 1. The summed E-state index contributed by atoms with van der Waals surface area (Å²) in [7, 11) is 1.53. The zero-order chi connectivity index (χ0) is 22.1. The second kappa shape index (κ2) is 8.77. The Morgan fingerprint density at radius 3 is 2.90 bits per heavy atom. The van der Waals surface area contributed by atoms with Crippen molar-refractivity contribution in [3.05, 3.63) is 52.5 Å². The average molecular weight is 444 g/mol. The zero-order valence-electron chi connectivity index (χ0n) is 17.8. The summed E-state index contributed by atoms with van der Waals surface area (Å²) >= 11 is 6.09. The van der Waals surface area contributed by atoms with Gasteiger partial charge >= 0.3 is 0 Å². The van der Waals surface area contributed by atoms with Gasteiger partial charge in [0.25, 0.3) is 11.9 Å². The maximum absolute atomic E-state index is 13.1. The predicted molar refractivity (Wildman–Crippen MR) is 120 cm³/mol. The third kappa shape index (κ3) is 4.48. The largest absolute Gasteiger partial charge is 0.493 e. The molecular weight excluding hydrogens is 418 g/mol. The number of nitrogens with zero attached hydrogens (tertiary/aromatic N) is 2. The van der Waals surface area contributed by atoms with Crippen molar-refractivity contribution < 1.29 is 19.1 Å². The number of aliphatic hydroxyl groups excluding tert-OH is 1. The number of amides is 1. The highest BCUT2D eigenvalue weighted by atomic mass is 35.5. The summed E-state index contributed by atoms with van der Waals surface area (Å²) in [4.78, 5) is 19.4. The molecule has 164 valence electrons. The standard InChI is InChI=1S/C23H26ClN3O4/c1-13-12-27(8-7-19(13)28)22(29)16-10-18-21(20(11-16)30-3)31-23(26-18)25-14(2)15-5-4-6-17(24)9-15/h4-6,9-11,13-14,19,28H,7-8,12H2,1-3H3,(H,25,26)/t13?,14-,19?/m0/s1. The van der Waals surface area contributed by atoms with Crippen LogP contribution in [0.5, 0.6) is 5.75 Å². The SMILES string of the molecule is COc1cc(C(=O)N2CCC(O)C(C)C2)cc2nc(N[C@@H](C)c3cccc(Cl)c3)oc12. The van der Waals surface area contributed by atoms with E-state index in [1.807, 2.05) is 38.1 Å². The van der Waals surface area contributed by atoms with E-state index in [0.717, 1.165) is 5.56 Å². The monoisotopic (exact) mass is 443 g/mol. The van der Waals surface area contributed by atoms with Gasteiger partial charge in [0.2, 0.25) is 0 Å². The van der Waals surface area contributed by atoms with Crippen LogP contribution in [0.15, 0.2) is 40.8 Å². The van der Waals surface area contributed by atoms with Gasteiger partial charge in [-0.2, -0.15) is 4.98 Å². The number of halogens is 1. The van der Waals surface area contributed by atoms with E-state index in [4.69, 9.17) is 20.8 Å². The lowest BCUT2D eigenvalue weighted by Crippen LogP contribution is -2.44. The molecule has 1 amide bonds. The first kappa shape index (κ1) is 21.5. The first-order valence-corrected chi connectivity index (χ1v) is 10.7. The lowest BCUT2D eigenvalue weighted by Gasteiger charge is -2.34. The molecule has 1 aliphatic heterocycles. The van der Waals surface area contributed by atoms with Crippen molar-refractivity contribution >= 4 is 34.6 Å². The molecule has 1 aromatic heterocycles. The van der Waals surface area contributed by atoms with Crippen molar-refractivity contribution in [2.45, 2.75) is 32.4 Å². The Balaban J connectivity index is 1.60. The van der Waals surface area contributed by atoms with Crippen LogP contribution in [0.2, 0.25) is 5.02 Å². The van der Waals surface area contributed by atoms with Crippen molar-refractivity contribution in [3.63, 3.8) is 0 Å². The van der Waals surface area contributed by atoms with E-state index in [1.165, 1.54) is 7.11 Å². The van der Waals surface area contributed by atoms with Gasteiger partial charge in [-0.1, -0.05) is 30.7 Å². The topological polar surface area (TPSA) is 87.8 Å². The molecule has 8 heteroatoms. The lowest BCUT2D eigenvalue weighted by atomic mass is 9.96. The number of carbonyl (C=O) groups excluding carboxylic acids is 1.